The summed E-state index contributed by atoms with van der Waals surface area (Å²) < 4.78 is 1.97. The molecule has 0 unspecified atom stereocenters. The maximum Gasteiger partial charge on any atom is 0.257 e. The summed E-state index contributed by atoms with van der Waals surface area (Å²) in [6.07, 6.45) is 6.24. The monoisotopic (exact) mass is 308 g/mol. The molecule has 0 amide bonds. The van der Waals surface area contributed by atoms with Crippen molar-refractivity contribution in [3.8, 4) is 11.3 Å². The van der Waals surface area contributed by atoms with Gasteiger partial charge in [-0.15, -0.1) is 0 Å². The second kappa shape index (κ2) is 5.33. The molecule has 0 saturated carbocycles. The first kappa shape index (κ1) is 14.7. The summed E-state index contributed by atoms with van der Waals surface area (Å²) in [4.78, 5) is 18.3. The second-order valence-electron chi connectivity index (χ2n) is 7.27. The Balaban J connectivity index is 2.06. The number of nitrogens with zero attached hydrogens (tertiary/aromatic N) is 2. The molecular formula is C20H24N2O. The zero-order valence-corrected chi connectivity index (χ0v) is 14.1. The van der Waals surface area contributed by atoms with Crippen LogP contribution in [0.1, 0.15) is 56.5 Å². The number of hydrogen-bond acceptors (Lipinski definition) is 2. The van der Waals surface area contributed by atoms with E-state index >= 15 is 0 Å². The van der Waals surface area contributed by atoms with Gasteiger partial charge in [0.05, 0.1) is 11.3 Å². The maximum absolute atomic E-state index is 13.3. The van der Waals surface area contributed by atoms with Gasteiger partial charge < -0.3 is 0 Å². The van der Waals surface area contributed by atoms with Crippen LogP contribution in [0.3, 0.4) is 0 Å². The van der Waals surface area contributed by atoms with E-state index in [1.54, 1.807) is 0 Å². The lowest BCUT2D eigenvalue weighted by Gasteiger charge is -2.35. The van der Waals surface area contributed by atoms with E-state index in [1.807, 2.05) is 4.57 Å². The minimum atomic E-state index is -0.109. The first-order valence-electron chi connectivity index (χ1n) is 8.86. The maximum atomic E-state index is 13.3. The average Bonchev–Trinajstić information content (AvgIpc) is 2.80. The van der Waals surface area contributed by atoms with Gasteiger partial charge in [0.1, 0.15) is 5.82 Å². The summed E-state index contributed by atoms with van der Waals surface area (Å²) in [6.45, 7) is 5.25. The van der Waals surface area contributed by atoms with Gasteiger partial charge >= 0.3 is 0 Å². The third-order valence-corrected chi connectivity index (χ3v) is 5.77. The molecule has 2 aromatic rings. The Kier molecular flexibility index (Phi) is 3.40. The number of aromatic nitrogens is 2. The molecule has 2 heterocycles. The predicted molar refractivity (Wildman–Crippen MR) is 92.8 cm³/mol. The standard InChI is InChI=1S/C20H24N2O/c1-3-20(2)13-14-9-6-7-10-15(14)18-17(20)19(23)22-12-8-4-5-11-16(22)21-18/h6-7,9-10H,3-5,8,11-13H2,1-2H3/t20-/m1/s1. The fraction of sp³-hybridized carbons (Fsp3) is 0.500. The highest BCUT2D eigenvalue weighted by Gasteiger charge is 2.38. The van der Waals surface area contributed by atoms with E-state index in [4.69, 9.17) is 4.98 Å². The molecule has 120 valence electrons. The van der Waals surface area contributed by atoms with Gasteiger partial charge in [-0.3, -0.25) is 9.36 Å². The third kappa shape index (κ3) is 2.17. The minimum absolute atomic E-state index is 0.109. The molecule has 0 N–H and O–H groups in total. The highest BCUT2D eigenvalue weighted by molar-refractivity contribution is 5.71. The molecule has 1 aromatic heterocycles. The van der Waals surface area contributed by atoms with Crippen LogP contribution < -0.4 is 5.56 Å². The fourth-order valence-corrected chi connectivity index (χ4v) is 4.20. The highest BCUT2D eigenvalue weighted by Crippen LogP contribution is 2.42. The van der Waals surface area contributed by atoms with Crippen molar-refractivity contribution >= 4 is 0 Å². The van der Waals surface area contributed by atoms with E-state index in [2.05, 4.69) is 38.1 Å². The normalized spacial score (nSPS) is 22.7. The summed E-state index contributed by atoms with van der Waals surface area (Å²) in [7, 11) is 0. The molecule has 0 radical (unpaired) electrons. The molecule has 0 saturated heterocycles. The summed E-state index contributed by atoms with van der Waals surface area (Å²) in [5.41, 5.74) is 4.50. The molecule has 0 bridgehead atoms. The van der Waals surface area contributed by atoms with Crippen molar-refractivity contribution < 1.29 is 0 Å². The first-order chi connectivity index (χ1) is 11.1. The molecule has 2 aliphatic rings. The fourth-order valence-electron chi connectivity index (χ4n) is 4.20. The Morgan fingerprint density at radius 1 is 1.22 bits per heavy atom. The van der Waals surface area contributed by atoms with Crippen LogP contribution in [0.15, 0.2) is 29.1 Å². The largest absolute Gasteiger partial charge is 0.296 e. The van der Waals surface area contributed by atoms with Crippen LogP contribution in [0.4, 0.5) is 0 Å². The van der Waals surface area contributed by atoms with E-state index in [1.165, 1.54) is 12.0 Å². The van der Waals surface area contributed by atoms with Crippen LogP contribution in [0.5, 0.6) is 0 Å². The Bertz CT molecular complexity index is 821. The van der Waals surface area contributed by atoms with Crippen LogP contribution in [0.2, 0.25) is 0 Å². The smallest absolute Gasteiger partial charge is 0.257 e. The zero-order valence-electron chi connectivity index (χ0n) is 14.1. The molecule has 1 atom stereocenters. The van der Waals surface area contributed by atoms with Crippen molar-refractivity contribution in [2.75, 3.05) is 0 Å². The molecule has 4 rings (SSSR count). The molecule has 1 aliphatic heterocycles. The quantitative estimate of drug-likeness (QED) is 0.802. The molecule has 1 aliphatic carbocycles. The molecule has 0 spiro atoms. The summed E-state index contributed by atoms with van der Waals surface area (Å²) in [5, 5.41) is 0. The van der Waals surface area contributed by atoms with E-state index < -0.39 is 0 Å². The van der Waals surface area contributed by atoms with Gasteiger partial charge in [-0.25, -0.2) is 4.98 Å². The minimum Gasteiger partial charge on any atom is -0.296 e. The van der Waals surface area contributed by atoms with Gasteiger partial charge in [-0.05, 0) is 31.2 Å². The van der Waals surface area contributed by atoms with Crippen molar-refractivity contribution in [3.05, 3.63) is 51.6 Å². The Morgan fingerprint density at radius 2 is 2.04 bits per heavy atom. The number of aryl methyl sites for hydroxylation is 1. The van der Waals surface area contributed by atoms with Gasteiger partial charge in [-0.1, -0.05) is 44.5 Å². The van der Waals surface area contributed by atoms with Gasteiger partial charge in [0, 0.05) is 23.9 Å². The lowest BCUT2D eigenvalue weighted by atomic mass is 9.69. The topological polar surface area (TPSA) is 34.9 Å². The average molecular weight is 308 g/mol. The summed E-state index contributed by atoms with van der Waals surface area (Å²) in [5.74, 6) is 0.987. The van der Waals surface area contributed by atoms with Crippen molar-refractivity contribution in [3.63, 3.8) is 0 Å². The lowest BCUT2D eigenvalue weighted by Crippen LogP contribution is -2.40. The Hall–Kier alpha value is -1.90. The number of hydrogen-bond donors (Lipinski definition) is 0. The van der Waals surface area contributed by atoms with Gasteiger partial charge in [0.15, 0.2) is 0 Å². The molecule has 0 fully saturated rings. The van der Waals surface area contributed by atoms with Crippen LogP contribution in [-0.2, 0) is 24.8 Å². The van der Waals surface area contributed by atoms with Crippen LogP contribution in [0.25, 0.3) is 11.3 Å². The first-order valence-corrected chi connectivity index (χ1v) is 8.86. The van der Waals surface area contributed by atoms with Gasteiger partial charge in [0.25, 0.3) is 5.56 Å². The van der Waals surface area contributed by atoms with Crippen LogP contribution in [-0.4, -0.2) is 9.55 Å². The van der Waals surface area contributed by atoms with Crippen LogP contribution in [0, 0.1) is 0 Å². The molecule has 3 heteroatoms. The van der Waals surface area contributed by atoms with Gasteiger partial charge in [-0.2, -0.15) is 0 Å². The van der Waals surface area contributed by atoms with E-state index in [-0.39, 0.29) is 11.0 Å². The lowest BCUT2D eigenvalue weighted by molar-refractivity contribution is 0.431. The van der Waals surface area contributed by atoms with Crippen molar-refractivity contribution in [2.45, 2.75) is 64.3 Å². The highest BCUT2D eigenvalue weighted by atomic mass is 16.1. The Morgan fingerprint density at radius 3 is 2.87 bits per heavy atom. The molecule has 23 heavy (non-hydrogen) atoms. The van der Waals surface area contributed by atoms with Crippen molar-refractivity contribution in [2.24, 2.45) is 0 Å². The SMILES string of the molecule is CC[C@]1(C)Cc2ccccc2-c2nc3n(c(=O)c21)CCCCC3. The van der Waals surface area contributed by atoms with Gasteiger partial charge in [0.2, 0.25) is 0 Å². The molecule has 1 aromatic carbocycles. The van der Waals surface area contributed by atoms with Crippen molar-refractivity contribution in [1.29, 1.82) is 0 Å². The third-order valence-electron chi connectivity index (χ3n) is 5.77. The summed E-state index contributed by atoms with van der Waals surface area (Å²) >= 11 is 0. The van der Waals surface area contributed by atoms with Crippen molar-refractivity contribution in [1.82, 2.24) is 9.55 Å². The second-order valence-corrected chi connectivity index (χ2v) is 7.27. The van der Waals surface area contributed by atoms with E-state index in [9.17, 15) is 4.79 Å². The molecule has 3 nitrogen and oxygen atoms in total. The zero-order chi connectivity index (χ0) is 16.0. The van der Waals surface area contributed by atoms with E-state index in [0.717, 1.165) is 61.3 Å². The van der Waals surface area contributed by atoms with Crippen LogP contribution >= 0.6 is 0 Å². The predicted octanol–water partition coefficient (Wildman–Crippen LogP) is 3.86. The number of rotatable bonds is 1. The molecular weight excluding hydrogens is 284 g/mol. The number of fused-ring (bicyclic) bond motifs is 4. The van der Waals surface area contributed by atoms with E-state index in [0.29, 0.717) is 0 Å². The number of benzene rings is 1. The summed E-state index contributed by atoms with van der Waals surface area (Å²) in [6, 6.07) is 8.47. The Labute approximate surface area is 137 Å².